The first-order valence-electron chi connectivity index (χ1n) is 17.8. The molecule has 50 heavy (non-hydrogen) atoms. The van der Waals surface area contributed by atoms with E-state index in [1.165, 1.54) is 11.1 Å². The molecule has 2 aliphatic heterocycles. The number of hydrogen-bond donors (Lipinski definition) is 2. The number of aliphatic hydroxyl groups excluding tert-OH is 1. The van der Waals surface area contributed by atoms with Crippen LogP contribution in [0.15, 0.2) is 78.9 Å². The first-order valence-corrected chi connectivity index (χ1v) is 19.7. The monoisotopic (exact) mass is 718 g/mol. The molecule has 266 valence electrons. The van der Waals surface area contributed by atoms with Gasteiger partial charge in [-0.15, -0.1) is 0 Å². The number of carbonyl (C=O) groups excluding carboxylic acids is 1. The molecule has 2 aliphatic carbocycles. The molecular weight excluding hydrogens is 672 g/mol. The Labute approximate surface area is 300 Å². The Kier molecular flexibility index (Phi) is 9.80. The van der Waals surface area contributed by atoms with Crippen molar-refractivity contribution in [1.29, 1.82) is 0 Å². The van der Waals surface area contributed by atoms with Crippen LogP contribution in [0.5, 0.6) is 5.75 Å². The maximum absolute atomic E-state index is 14.1. The number of aryl methyl sites for hydroxylation is 1. The fourth-order valence-electron chi connectivity index (χ4n) is 8.91. The minimum absolute atomic E-state index is 0.0494. The summed E-state index contributed by atoms with van der Waals surface area (Å²) < 4.78 is 43.4. The van der Waals surface area contributed by atoms with E-state index in [9.17, 15) is 18.3 Å². The lowest BCUT2D eigenvalue weighted by Crippen LogP contribution is -2.54. The lowest BCUT2D eigenvalue weighted by atomic mass is 9.64. The number of halogens is 1. The third kappa shape index (κ3) is 6.58. The summed E-state index contributed by atoms with van der Waals surface area (Å²) in [6.45, 7) is 3.52. The molecule has 1 saturated carbocycles. The van der Waals surface area contributed by atoms with Crippen molar-refractivity contribution in [3.8, 4) is 5.75 Å². The highest BCUT2D eigenvalue weighted by Gasteiger charge is 2.49. The number of methoxy groups -OCH3 is 1. The third-order valence-corrected chi connectivity index (χ3v) is 14.0. The van der Waals surface area contributed by atoms with Crippen molar-refractivity contribution < 1.29 is 27.8 Å². The van der Waals surface area contributed by atoms with Crippen molar-refractivity contribution in [2.24, 2.45) is 17.8 Å². The second-order valence-electron chi connectivity index (χ2n) is 14.9. The van der Waals surface area contributed by atoms with E-state index in [0.29, 0.717) is 31.9 Å². The van der Waals surface area contributed by atoms with Gasteiger partial charge in [0, 0.05) is 36.2 Å². The van der Waals surface area contributed by atoms with E-state index in [-0.39, 0.29) is 41.8 Å². The largest absolute Gasteiger partial charge is 0.490 e. The number of ether oxygens (including phenoxy) is 2. The second-order valence-corrected chi connectivity index (χ2v) is 17.2. The Morgan fingerprint density at radius 1 is 1.10 bits per heavy atom. The molecule has 8 nitrogen and oxygen atoms in total. The molecule has 1 fully saturated rings. The van der Waals surface area contributed by atoms with Crippen molar-refractivity contribution >= 4 is 33.2 Å². The lowest BCUT2D eigenvalue weighted by Gasteiger charge is -2.50. The highest BCUT2D eigenvalue weighted by molar-refractivity contribution is 7.90. The van der Waals surface area contributed by atoms with Crippen LogP contribution in [0.3, 0.4) is 0 Å². The number of benzene rings is 3. The number of carbonyl (C=O) groups is 1. The van der Waals surface area contributed by atoms with Crippen LogP contribution in [0.4, 0.5) is 5.69 Å². The predicted octanol–water partition coefficient (Wildman–Crippen LogP) is 6.48. The van der Waals surface area contributed by atoms with E-state index in [4.69, 9.17) is 21.1 Å². The average Bonchev–Trinajstić information content (AvgIpc) is 3.24. The molecule has 0 saturated heterocycles. The van der Waals surface area contributed by atoms with Crippen LogP contribution < -0.4 is 14.4 Å². The number of aliphatic hydroxyl groups is 1. The summed E-state index contributed by atoms with van der Waals surface area (Å²) in [6, 6.07) is 20.9. The SMILES string of the molecule is CO[C@]1(CO)/C=C/C[C@H](C)[C@H](Cc2ccccc2)S(=O)(=O)NC(=O)c2ccc3c(c2)N(C[C@@H]2CC[C@H]21)CC1(CCCc2cc(Cl)ccc21)CO3. The summed E-state index contributed by atoms with van der Waals surface area (Å²) in [5.41, 5.74) is 3.17. The standard InChI is InChI=1S/C40H47ClN2O6S/c1-27-8-6-19-40(25-44,48-2)34-15-12-31(34)23-43-24-39(18-7-11-29-21-32(41)14-16-33(29)39)26-49-36-17-13-30(22-35(36)43)38(45)42-50(46,47)37(27)20-28-9-4-3-5-10-28/h3-6,9-10,13-14,16-17,19,21-22,27,31,34,37,44H,7-8,11-12,15,18,20,23-26H2,1-2H3,(H,42,45)/b19-6+/t27-,31-,34+,37-,39?,40-/m0/s1. The molecule has 2 N–H and O–H groups in total. The van der Waals surface area contributed by atoms with Crippen LogP contribution in [-0.2, 0) is 33.0 Å². The molecule has 10 heteroatoms. The molecule has 6 atom stereocenters. The lowest BCUT2D eigenvalue weighted by molar-refractivity contribution is -0.103. The van der Waals surface area contributed by atoms with E-state index in [2.05, 4.69) is 21.8 Å². The Balaban J connectivity index is 1.32. The second kappa shape index (κ2) is 14.0. The van der Waals surface area contributed by atoms with Crippen LogP contribution in [0, 0.1) is 17.8 Å². The van der Waals surface area contributed by atoms with Crippen LogP contribution in [0.25, 0.3) is 0 Å². The summed E-state index contributed by atoms with van der Waals surface area (Å²) in [5, 5.41) is 10.7. The van der Waals surface area contributed by atoms with Gasteiger partial charge >= 0.3 is 0 Å². The van der Waals surface area contributed by atoms with Gasteiger partial charge in [0.2, 0.25) is 10.0 Å². The topological polar surface area (TPSA) is 105 Å². The zero-order valence-electron chi connectivity index (χ0n) is 28.8. The van der Waals surface area contributed by atoms with Gasteiger partial charge in [0.15, 0.2) is 0 Å². The summed E-state index contributed by atoms with van der Waals surface area (Å²) in [7, 11) is -2.47. The maximum atomic E-state index is 14.1. The number of sulfonamides is 1. The third-order valence-electron chi connectivity index (χ3n) is 11.9. The van der Waals surface area contributed by atoms with Gasteiger partial charge in [-0.05, 0) is 110 Å². The van der Waals surface area contributed by atoms with Crippen molar-refractivity contribution in [2.75, 3.05) is 38.3 Å². The number of fused-ring (bicyclic) bond motifs is 4. The summed E-state index contributed by atoms with van der Waals surface area (Å²) in [4.78, 5) is 16.2. The fraction of sp³-hybridized carbons (Fsp3) is 0.475. The van der Waals surface area contributed by atoms with E-state index in [0.717, 1.165) is 48.4 Å². The first-order chi connectivity index (χ1) is 24.1. The zero-order chi connectivity index (χ0) is 35.1. The number of hydrogen-bond acceptors (Lipinski definition) is 7. The van der Waals surface area contributed by atoms with Gasteiger partial charge < -0.3 is 19.5 Å². The normalized spacial score (nSPS) is 31.3. The molecule has 1 spiro atoms. The number of nitrogens with zero attached hydrogens (tertiary/aromatic N) is 1. The van der Waals surface area contributed by atoms with Crippen molar-refractivity contribution in [1.82, 2.24) is 4.72 Å². The number of nitrogens with one attached hydrogen (secondary N) is 1. The minimum atomic E-state index is -4.12. The number of amides is 1. The first kappa shape index (κ1) is 35.1. The van der Waals surface area contributed by atoms with Gasteiger partial charge in [-0.3, -0.25) is 4.79 Å². The van der Waals surface area contributed by atoms with Crippen molar-refractivity contribution in [2.45, 2.75) is 68.1 Å². The van der Waals surface area contributed by atoms with Crippen molar-refractivity contribution in [3.63, 3.8) is 0 Å². The summed E-state index contributed by atoms with van der Waals surface area (Å²) >= 11 is 6.45. The number of anilines is 1. The molecule has 1 amide bonds. The van der Waals surface area contributed by atoms with E-state index in [1.54, 1.807) is 25.3 Å². The summed E-state index contributed by atoms with van der Waals surface area (Å²) in [6.07, 6.45) is 9.37. The molecule has 2 bridgehead atoms. The van der Waals surface area contributed by atoms with Gasteiger partial charge in [0.25, 0.3) is 5.91 Å². The highest BCUT2D eigenvalue weighted by atomic mass is 35.5. The highest BCUT2D eigenvalue weighted by Crippen LogP contribution is 2.49. The van der Waals surface area contributed by atoms with Crippen LogP contribution in [-0.4, -0.2) is 63.7 Å². The Hall–Kier alpha value is -3.37. The van der Waals surface area contributed by atoms with Gasteiger partial charge in [-0.2, -0.15) is 0 Å². The van der Waals surface area contributed by atoms with Crippen LogP contribution in [0.1, 0.15) is 66.1 Å². The van der Waals surface area contributed by atoms with Gasteiger partial charge in [0.05, 0.1) is 24.2 Å². The fourth-order valence-corrected chi connectivity index (χ4v) is 10.8. The van der Waals surface area contributed by atoms with Crippen LogP contribution >= 0.6 is 11.6 Å². The Bertz CT molecular complexity index is 1860. The minimum Gasteiger partial charge on any atom is -0.490 e. The maximum Gasteiger partial charge on any atom is 0.264 e. The molecular formula is C40H47ClN2O6S. The molecule has 7 rings (SSSR count). The molecule has 0 aromatic heterocycles. The molecule has 4 aliphatic rings. The van der Waals surface area contributed by atoms with E-state index in [1.807, 2.05) is 55.5 Å². The number of allylic oxidation sites excluding steroid dienone is 1. The van der Waals surface area contributed by atoms with Crippen LogP contribution in [0.2, 0.25) is 5.02 Å². The van der Waals surface area contributed by atoms with E-state index < -0.39 is 26.8 Å². The van der Waals surface area contributed by atoms with Gasteiger partial charge in [0.1, 0.15) is 11.4 Å². The van der Waals surface area contributed by atoms with Gasteiger partial charge in [-0.1, -0.05) is 67.1 Å². The molecule has 3 aromatic carbocycles. The molecule has 3 aromatic rings. The zero-order valence-corrected chi connectivity index (χ0v) is 30.4. The smallest absolute Gasteiger partial charge is 0.264 e. The van der Waals surface area contributed by atoms with Crippen molar-refractivity contribution in [3.05, 3.63) is 106 Å². The predicted molar refractivity (Wildman–Crippen MR) is 196 cm³/mol. The van der Waals surface area contributed by atoms with Gasteiger partial charge in [-0.25, -0.2) is 13.1 Å². The van der Waals surface area contributed by atoms with E-state index >= 15 is 0 Å². The number of rotatable bonds is 4. The molecule has 0 radical (unpaired) electrons. The molecule has 2 heterocycles. The average molecular weight is 719 g/mol. The quantitative estimate of drug-likeness (QED) is 0.298. The Morgan fingerprint density at radius 3 is 2.66 bits per heavy atom. The summed E-state index contributed by atoms with van der Waals surface area (Å²) in [5.74, 6) is -0.0757. The Morgan fingerprint density at radius 2 is 1.92 bits per heavy atom. The molecule has 1 unspecified atom stereocenters.